The lowest BCUT2D eigenvalue weighted by Crippen LogP contribution is -2.17. The highest BCUT2D eigenvalue weighted by molar-refractivity contribution is 6.15. The molecular formula is C52H46N4O. The Morgan fingerprint density at radius 3 is 1.81 bits per heavy atom. The third-order valence-electron chi connectivity index (χ3n) is 11.0. The van der Waals surface area contributed by atoms with E-state index in [2.05, 4.69) is 190 Å². The van der Waals surface area contributed by atoms with Gasteiger partial charge in [0.1, 0.15) is 17.1 Å². The minimum absolute atomic E-state index is 0.164. The normalized spacial score (nSPS) is 12.1. The largest absolute Gasteiger partial charge is 0.507 e. The Labute approximate surface area is 334 Å². The Morgan fingerprint density at radius 2 is 1.14 bits per heavy atom. The highest BCUT2D eigenvalue weighted by atomic mass is 16.3. The van der Waals surface area contributed by atoms with Gasteiger partial charge >= 0.3 is 0 Å². The molecule has 0 aliphatic heterocycles. The third kappa shape index (κ3) is 6.49. The molecule has 0 saturated heterocycles. The zero-order valence-electron chi connectivity index (χ0n) is 33.3. The van der Waals surface area contributed by atoms with Gasteiger partial charge < -0.3 is 5.11 Å². The summed E-state index contributed by atoms with van der Waals surface area (Å²) in [5.41, 5.74) is 13.2. The minimum atomic E-state index is -0.306. The van der Waals surface area contributed by atoms with E-state index in [1.807, 2.05) is 24.4 Å². The number of aromatic nitrogens is 4. The first-order valence-corrected chi connectivity index (χ1v) is 19.6. The quantitative estimate of drug-likeness (QED) is 0.185. The van der Waals surface area contributed by atoms with Crippen molar-refractivity contribution in [3.05, 3.63) is 175 Å². The summed E-state index contributed by atoms with van der Waals surface area (Å²) in [5.74, 6) is 0.263. The van der Waals surface area contributed by atoms with Gasteiger partial charge in [0.05, 0.1) is 22.3 Å². The van der Waals surface area contributed by atoms with Crippen molar-refractivity contribution in [2.24, 2.45) is 0 Å². The number of pyridine rings is 1. The summed E-state index contributed by atoms with van der Waals surface area (Å²) in [6.45, 7) is 13.1. The zero-order chi connectivity index (χ0) is 39.5. The predicted octanol–water partition coefficient (Wildman–Crippen LogP) is 13.3. The van der Waals surface area contributed by atoms with Crippen molar-refractivity contribution in [1.82, 2.24) is 19.3 Å². The van der Waals surface area contributed by atoms with Crippen molar-refractivity contribution in [3.63, 3.8) is 0 Å². The lowest BCUT2D eigenvalue weighted by molar-refractivity contribution is 0.446. The fourth-order valence-corrected chi connectivity index (χ4v) is 7.96. The molecule has 1 N–H and O–H groups in total. The second-order valence-electron chi connectivity index (χ2n) is 17.0. The van der Waals surface area contributed by atoms with Gasteiger partial charge in [-0.1, -0.05) is 145 Å². The maximum atomic E-state index is 12.3. The van der Waals surface area contributed by atoms with Crippen molar-refractivity contribution in [1.29, 1.82) is 0 Å². The molecule has 3 heterocycles. The standard InChI is InChI=1S/C52H46N4O/c1-51(2,3)39-32-43(49(57)44(33-39)52(4,5)6)48-47-42-24-16-17-25-46(42)55(40-22-14-9-15-23-40)50(47)56(54-48)41-29-37(35-20-12-8-13-21-35)28-38(30-41)45-31-36(26-27-53-45)34-18-10-7-11-19-34/h7-33,57H,1-6H3. The van der Waals surface area contributed by atoms with Crippen LogP contribution in [0.2, 0.25) is 0 Å². The molecule has 9 aromatic rings. The van der Waals surface area contributed by atoms with Crippen LogP contribution in [0.15, 0.2) is 164 Å². The van der Waals surface area contributed by atoms with Gasteiger partial charge in [-0.25, -0.2) is 4.68 Å². The molecule has 0 amide bonds. The summed E-state index contributed by atoms with van der Waals surface area (Å²) < 4.78 is 4.38. The molecule has 57 heavy (non-hydrogen) atoms. The molecule has 0 unspecified atom stereocenters. The lowest BCUT2D eigenvalue weighted by Gasteiger charge is -2.27. The van der Waals surface area contributed by atoms with E-state index in [9.17, 15) is 5.11 Å². The van der Waals surface area contributed by atoms with Crippen molar-refractivity contribution in [2.75, 3.05) is 0 Å². The minimum Gasteiger partial charge on any atom is -0.507 e. The highest BCUT2D eigenvalue weighted by Gasteiger charge is 2.30. The van der Waals surface area contributed by atoms with E-state index in [-0.39, 0.29) is 16.6 Å². The van der Waals surface area contributed by atoms with E-state index < -0.39 is 0 Å². The van der Waals surface area contributed by atoms with Gasteiger partial charge in [-0.05, 0) is 93.2 Å². The molecule has 280 valence electrons. The summed E-state index contributed by atoms with van der Waals surface area (Å²) in [7, 11) is 0. The third-order valence-corrected chi connectivity index (χ3v) is 11.0. The molecule has 5 heteroatoms. The first-order valence-electron chi connectivity index (χ1n) is 19.6. The number of para-hydroxylation sites is 2. The van der Waals surface area contributed by atoms with Gasteiger partial charge in [0.25, 0.3) is 0 Å². The SMILES string of the molecule is CC(C)(C)c1cc(-c2nn(-c3cc(-c4ccccc4)cc(-c4cc(-c5ccccc5)ccn4)c3)c3c2c2ccccc2n3-c2ccccc2)c(O)c(C(C)(C)C)c1. The Bertz CT molecular complexity index is 2910. The Balaban J connectivity index is 1.40. The number of hydrogen-bond acceptors (Lipinski definition) is 3. The van der Waals surface area contributed by atoms with Crippen molar-refractivity contribution >= 4 is 21.9 Å². The van der Waals surface area contributed by atoms with E-state index in [1.165, 1.54) is 0 Å². The molecule has 5 nitrogen and oxygen atoms in total. The van der Waals surface area contributed by atoms with Crippen LogP contribution in [0.5, 0.6) is 5.75 Å². The second-order valence-corrected chi connectivity index (χ2v) is 17.0. The Hall–Kier alpha value is -6.72. The Morgan fingerprint density at radius 1 is 0.526 bits per heavy atom. The molecule has 0 radical (unpaired) electrons. The number of aromatic hydroxyl groups is 1. The second kappa shape index (κ2) is 13.8. The van der Waals surface area contributed by atoms with Crippen molar-refractivity contribution in [3.8, 4) is 61.9 Å². The van der Waals surface area contributed by atoms with Crippen molar-refractivity contribution in [2.45, 2.75) is 52.4 Å². The predicted molar refractivity (Wildman–Crippen MR) is 237 cm³/mol. The summed E-state index contributed by atoms with van der Waals surface area (Å²) in [6, 6.07) is 55.1. The first-order chi connectivity index (χ1) is 27.5. The maximum absolute atomic E-state index is 12.3. The van der Waals surface area contributed by atoms with Crippen LogP contribution in [-0.4, -0.2) is 24.4 Å². The molecule has 0 atom stereocenters. The molecule has 0 spiro atoms. The topological polar surface area (TPSA) is 55.9 Å². The fourth-order valence-electron chi connectivity index (χ4n) is 7.96. The van der Waals surface area contributed by atoms with Gasteiger partial charge in [0.2, 0.25) is 0 Å². The molecule has 0 bridgehead atoms. The van der Waals surface area contributed by atoms with Gasteiger partial charge in [-0.3, -0.25) is 9.55 Å². The average molecular weight is 743 g/mol. The smallest absolute Gasteiger partial charge is 0.150 e. The molecule has 0 saturated carbocycles. The van der Waals surface area contributed by atoms with Crippen LogP contribution in [0.25, 0.3) is 78.1 Å². The number of phenolic OH excluding ortho intramolecular Hbond substituents is 1. The number of nitrogens with zero attached hydrogens (tertiary/aromatic N) is 4. The molecule has 9 rings (SSSR count). The average Bonchev–Trinajstić information content (AvgIpc) is 3.77. The van der Waals surface area contributed by atoms with Crippen LogP contribution in [0.4, 0.5) is 0 Å². The van der Waals surface area contributed by atoms with E-state index >= 15 is 0 Å². The van der Waals surface area contributed by atoms with Gasteiger partial charge in [0, 0.05) is 34.0 Å². The first kappa shape index (κ1) is 35.9. The summed E-state index contributed by atoms with van der Waals surface area (Å²) in [4.78, 5) is 4.93. The van der Waals surface area contributed by atoms with E-state index in [0.29, 0.717) is 0 Å². The van der Waals surface area contributed by atoms with E-state index in [0.717, 1.165) is 89.2 Å². The molecule has 0 fully saturated rings. The molecule has 6 aromatic carbocycles. The fraction of sp³-hybridized carbons (Fsp3) is 0.154. The number of hydrogen-bond donors (Lipinski definition) is 1. The van der Waals surface area contributed by atoms with Crippen LogP contribution in [0, 0.1) is 0 Å². The number of fused-ring (bicyclic) bond motifs is 3. The van der Waals surface area contributed by atoms with Crippen LogP contribution in [-0.2, 0) is 10.8 Å². The summed E-state index contributed by atoms with van der Waals surface area (Å²) in [6.07, 6.45) is 1.89. The monoisotopic (exact) mass is 742 g/mol. The number of phenols is 1. The van der Waals surface area contributed by atoms with Crippen LogP contribution < -0.4 is 0 Å². The maximum Gasteiger partial charge on any atom is 0.150 e. The number of benzene rings is 6. The zero-order valence-corrected chi connectivity index (χ0v) is 33.3. The molecule has 3 aromatic heterocycles. The Kier molecular flexibility index (Phi) is 8.70. The number of rotatable bonds is 6. The van der Waals surface area contributed by atoms with E-state index in [1.54, 1.807) is 0 Å². The van der Waals surface area contributed by atoms with Crippen LogP contribution in [0.1, 0.15) is 52.7 Å². The van der Waals surface area contributed by atoms with Crippen LogP contribution >= 0.6 is 0 Å². The van der Waals surface area contributed by atoms with Gasteiger partial charge in [-0.15, -0.1) is 0 Å². The lowest BCUT2D eigenvalue weighted by atomic mass is 9.78. The van der Waals surface area contributed by atoms with E-state index in [4.69, 9.17) is 10.1 Å². The highest BCUT2D eigenvalue weighted by Crippen LogP contribution is 2.47. The van der Waals surface area contributed by atoms with Crippen molar-refractivity contribution < 1.29 is 5.11 Å². The summed E-state index contributed by atoms with van der Waals surface area (Å²) in [5, 5.41) is 20.0. The molecular weight excluding hydrogens is 697 g/mol. The van der Waals surface area contributed by atoms with Gasteiger partial charge in [0.15, 0.2) is 0 Å². The van der Waals surface area contributed by atoms with Crippen LogP contribution in [0.3, 0.4) is 0 Å². The molecule has 0 aliphatic rings. The molecule has 0 aliphatic carbocycles. The van der Waals surface area contributed by atoms with Gasteiger partial charge in [-0.2, -0.15) is 5.10 Å². The summed E-state index contributed by atoms with van der Waals surface area (Å²) >= 11 is 0.